The van der Waals surface area contributed by atoms with Crippen molar-refractivity contribution in [2.24, 2.45) is 0 Å². The lowest BCUT2D eigenvalue weighted by atomic mass is 9.87. The molecule has 0 saturated carbocycles. The number of imidazole rings is 1. The molecule has 2 aromatic heterocycles. The molecule has 5 aromatic rings. The third kappa shape index (κ3) is 5.11. The maximum absolute atomic E-state index is 12.7. The van der Waals surface area contributed by atoms with Crippen LogP contribution in [0.3, 0.4) is 0 Å². The summed E-state index contributed by atoms with van der Waals surface area (Å²) in [5.41, 5.74) is 5.97. The van der Waals surface area contributed by atoms with E-state index in [9.17, 15) is 4.79 Å². The predicted molar refractivity (Wildman–Crippen MR) is 146 cm³/mol. The van der Waals surface area contributed by atoms with E-state index in [1.807, 2.05) is 79.1 Å². The number of rotatable bonds is 9. The summed E-state index contributed by atoms with van der Waals surface area (Å²) in [7, 11) is 0. The largest absolute Gasteiger partial charge is 0.489 e. The molecule has 0 amide bonds. The van der Waals surface area contributed by atoms with Crippen LogP contribution in [-0.2, 0) is 19.4 Å². The van der Waals surface area contributed by atoms with Crippen molar-refractivity contribution in [2.45, 2.75) is 38.4 Å². The topological polar surface area (TPSA) is 80.0 Å². The minimum absolute atomic E-state index is 0.185. The number of fused-ring (bicyclic) bond motifs is 1. The minimum Gasteiger partial charge on any atom is -0.489 e. The van der Waals surface area contributed by atoms with E-state index in [0.717, 1.165) is 63.7 Å². The molecule has 1 aliphatic carbocycles. The van der Waals surface area contributed by atoms with E-state index in [0.29, 0.717) is 19.4 Å². The number of aromatic nitrogens is 3. The Morgan fingerprint density at radius 1 is 0.868 bits per heavy atom. The van der Waals surface area contributed by atoms with Crippen LogP contribution in [0.5, 0.6) is 11.5 Å². The van der Waals surface area contributed by atoms with Crippen LogP contribution in [0.4, 0.5) is 0 Å². The molecule has 2 heterocycles. The van der Waals surface area contributed by atoms with Crippen molar-refractivity contribution in [3.8, 4) is 22.8 Å². The van der Waals surface area contributed by atoms with Crippen LogP contribution in [0.15, 0.2) is 97.5 Å². The van der Waals surface area contributed by atoms with Crippen molar-refractivity contribution in [3.05, 3.63) is 126 Å². The first-order chi connectivity index (χ1) is 18.7. The molecule has 1 atom stereocenters. The van der Waals surface area contributed by atoms with Gasteiger partial charge in [0.15, 0.2) is 5.78 Å². The number of hydrogen-bond acceptors (Lipinski definition) is 4. The molecule has 0 saturated heterocycles. The number of hydrogen-bond donors (Lipinski definition) is 2. The summed E-state index contributed by atoms with van der Waals surface area (Å²) >= 11 is 0. The highest BCUT2D eigenvalue weighted by Gasteiger charge is 2.25. The molecule has 1 aliphatic rings. The number of aromatic amines is 2. The molecule has 0 aliphatic heterocycles. The lowest BCUT2D eigenvalue weighted by molar-refractivity contribution is 0.0971. The fourth-order valence-electron chi connectivity index (χ4n) is 5.08. The maximum Gasteiger partial charge on any atom is 0.163 e. The predicted octanol–water partition coefficient (Wildman–Crippen LogP) is 6.87. The van der Waals surface area contributed by atoms with Gasteiger partial charge in [-0.15, -0.1) is 0 Å². The van der Waals surface area contributed by atoms with Gasteiger partial charge in [-0.1, -0.05) is 30.3 Å². The summed E-state index contributed by atoms with van der Waals surface area (Å²) in [6, 6.07) is 26.0. The standard InChI is InChI=1S/C32H29N3O3/c36-29-10-4-8-25-26(29)15-16-30(38-31(20-32-34-18-19-35-32)23-6-2-1-3-7-23)27(25)21-37-24-13-11-22(12-14-24)28-9-5-17-33-28/h1-3,5-7,9,11-19,31,33H,4,8,10,20-21H2,(H,34,35)/t31-/m0/s1. The highest BCUT2D eigenvalue weighted by atomic mass is 16.5. The van der Waals surface area contributed by atoms with Crippen LogP contribution in [0.2, 0.25) is 0 Å². The van der Waals surface area contributed by atoms with Crippen molar-refractivity contribution in [1.82, 2.24) is 15.0 Å². The molecular formula is C32H29N3O3. The fourth-order valence-corrected chi connectivity index (χ4v) is 5.08. The average molecular weight is 504 g/mol. The Hall–Kier alpha value is -4.58. The first-order valence-electron chi connectivity index (χ1n) is 13.0. The van der Waals surface area contributed by atoms with E-state index in [1.165, 1.54) is 0 Å². The van der Waals surface area contributed by atoms with E-state index >= 15 is 0 Å². The lowest BCUT2D eigenvalue weighted by Crippen LogP contribution is -2.18. The van der Waals surface area contributed by atoms with Gasteiger partial charge >= 0.3 is 0 Å². The van der Waals surface area contributed by atoms with Gasteiger partial charge in [0.25, 0.3) is 0 Å². The number of nitrogens with zero attached hydrogens (tertiary/aromatic N) is 1. The quantitative estimate of drug-likeness (QED) is 0.230. The van der Waals surface area contributed by atoms with Crippen LogP contribution in [0, 0.1) is 0 Å². The number of ether oxygens (including phenoxy) is 2. The van der Waals surface area contributed by atoms with Crippen LogP contribution in [-0.4, -0.2) is 20.7 Å². The van der Waals surface area contributed by atoms with E-state index < -0.39 is 0 Å². The monoisotopic (exact) mass is 503 g/mol. The molecule has 0 bridgehead atoms. The zero-order valence-corrected chi connectivity index (χ0v) is 21.0. The molecule has 0 radical (unpaired) electrons. The van der Waals surface area contributed by atoms with Crippen molar-refractivity contribution in [2.75, 3.05) is 0 Å². The number of Topliss-reactive ketones (excluding diaryl/α,β-unsaturated/α-hetero) is 1. The second kappa shape index (κ2) is 10.8. The molecular weight excluding hydrogens is 474 g/mol. The van der Waals surface area contributed by atoms with Crippen molar-refractivity contribution >= 4 is 5.78 Å². The van der Waals surface area contributed by atoms with Crippen LogP contribution >= 0.6 is 0 Å². The lowest BCUT2D eigenvalue weighted by Gasteiger charge is -2.25. The summed E-state index contributed by atoms with van der Waals surface area (Å²) in [4.78, 5) is 23.6. The first-order valence-corrected chi connectivity index (χ1v) is 13.0. The van der Waals surface area contributed by atoms with Crippen molar-refractivity contribution < 1.29 is 14.3 Å². The Morgan fingerprint density at radius 2 is 1.74 bits per heavy atom. The van der Waals surface area contributed by atoms with Gasteiger partial charge < -0.3 is 19.4 Å². The minimum atomic E-state index is -0.251. The second-order valence-corrected chi connectivity index (χ2v) is 9.50. The zero-order chi connectivity index (χ0) is 25.7. The molecule has 2 N–H and O–H groups in total. The van der Waals surface area contributed by atoms with Crippen LogP contribution in [0.25, 0.3) is 11.3 Å². The third-order valence-electron chi connectivity index (χ3n) is 7.04. The molecule has 6 nitrogen and oxygen atoms in total. The normalized spacial score (nSPS) is 13.6. The molecule has 0 spiro atoms. The number of carbonyl (C=O) groups excluding carboxylic acids is 1. The van der Waals surface area contributed by atoms with Crippen molar-refractivity contribution in [3.63, 3.8) is 0 Å². The second-order valence-electron chi connectivity index (χ2n) is 9.50. The Balaban J connectivity index is 1.30. The summed E-state index contributed by atoms with van der Waals surface area (Å²) < 4.78 is 13.0. The van der Waals surface area contributed by atoms with E-state index in [4.69, 9.17) is 9.47 Å². The van der Waals surface area contributed by atoms with Gasteiger partial charge in [0.05, 0.1) is 0 Å². The van der Waals surface area contributed by atoms with Gasteiger partial charge in [-0.05, 0) is 78.1 Å². The number of H-pyrrole nitrogens is 2. The maximum atomic E-state index is 12.7. The highest BCUT2D eigenvalue weighted by molar-refractivity contribution is 5.99. The van der Waals surface area contributed by atoms with Gasteiger partial charge in [-0.25, -0.2) is 4.98 Å². The summed E-state index contributed by atoms with van der Waals surface area (Å²) in [5.74, 6) is 2.54. The number of ketones is 1. The Bertz CT molecular complexity index is 1490. The summed E-state index contributed by atoms with van der Waals surface area (Å²) in [5, 5.41) is 0. The first kappa shape index (κ1) is 23.8. The zero-order valence-electron chi connectivity index (χ0n) is 21.0. The average Bonchev–Trinajstić information content (AvgIpc) is 3.68. The summed E-state index contributed by atoms with van der Waals surface area (Å²) in [6.07, 6.45) is 8.07. The smallest absolute Gasteiger partial charge is 0.163 e. The van der Waals surface area contributed by atoms with Crippen LogP contribution < -0.4 is 9.47 Å². The van der Waals surface area contributed by atoms with Gasteiger partial charge in [0, 0.05) is 48.3 Å². The Morgan fingerprint density at radius 3 is 2.50 bits per heavy atom. The van der Waals surface area contributed by atoms with E-state index in [-0.39, 0.29) is 11.9 Å². The van der Waals surface area contributed by atoms with Crippen molar-refractivity contribution in [1.29, 1.82) is 0 Å². The van der Waals surface area contributed by atoms with Gasteiger partial charge in [0.2, 0.25) is 0 Å². The third-order valence-corrected chi connectivity index (χ3v) is 7.04. The number of benzene rings is 3. The van der Waals surface area contributed by atoms with Gasteiger partial charge in [-0.3, -0.25) is 4.79 Å². The fraction of sp³-hybridized carbons (Fsp3) is 0.188. The van der Waals surface area contributed by atoms with E-state index in [2.05, 4.69) is 27.1 Å². The molecule has 38 heavy (non-hydrogen) atoms. The van der Waals surface area contributed by atoms with E-state index in [1.54, 1.807) is 6.20 Å². The molecule has 190 valence electrons. The SMILES string of the molecule is O=C1CCCc2c1ccc(O[C@@H](Cc1ncc[nH]1)c1ccccc1)c2COc1ccc(-c2ccc[nH]2)cc1. The van der Waals surface area contributed by atoms with Gasteiger partial charge in [0.1, 0.15) is 30.0 Å². The summed E-state index contributed by atoms with van der Waals surface area (Å²) in [6.45, 7) is 0.315. The molecule has 6 heteroatoms. The number of carbonyl (C=O) groups is 1. The molecule has 0 fully saturated rings. The highest BCUT2D eigenvalue weighted by Crippen LogP contribution is 2.35. The molecule has 6 rings (SSSR count). The van der Waals surface area contributed by atoms with Crippen LogP contribution in [0.1, 0.15) is 51.8 Å². The molecule has 3 aromatic carbocycles. The van der Waals surface area contributed by atoms with Gasteiger partial charge in [-0.2, -0.15) is 0 Å². The Labute approximate surface area is 221 Å². The molecule has 0 unspecified atom stereocenters. The number of nitrogens with one attached hydrogen (secondary N) is 2. The Kier molecular flexibility index (Phi) is 6.77.